The second-order valence-corrected chi connectivity index (χ2v) is 9.21. The second-order valence-electron chi connectivity index (χ2n) is 9.21. The van der Waals surface area contributed by atoms with Gasteiger partial charge in [-0.2, -0.15) is 0 Å². The third kappa shape index (κ3) is 10.5. The van der Waals surface area contributed by atoms with E-state index in [2.05, 4.69) is 62.4 Å². The van der Waals surface area contributed by atoms with E-state index in [1.54, 1.807) is 0 Å². The topological polar surface area (TPSA) is 46.5 Å². The number of hydrogen-bond donors (Lipinski definition) is 1. The number of unbranched alkanes of at least 4 members (excludes halogenated alkanes) is 7. The number of rotatable bonds is 17. The average Bonchev–Trinajstić information content (AvgIpc) is 2.82. The van der Waals surface area contributed by atoms with Crippen LogP contribution >= 0.6 is 0 Å². The van der Waals surface area contributed by atoms with Crippen LogP contribution in [0, 0.1) is 0 Å². The first-order valence-electron chi connectivity index (χ1n) is 13.2. The van der Waals surface area contributed by atoms with Gasteiger partial charge in [-0.25, -0.2) is 4.79 Å². The van der Waals surface area contributed by atoms with Crippen LogP contribution in [0.4, 0.5) is 4.79 Å². The third-order valence-electron chi connectivity index (χ3n) is 6.50. The molecular weight excluding hydrogens is 408 g/mol. The van der Waals surface area contributed by atoms with Crippen LogP contribution < -0.4 is 0 Å². The summed E-state index contributed by atoms with van der Waals surface area (Å²) in [6, 6.07) is 17.1. The minimum atomic E-state index is -1.17. The fraction of sp³-hybridized carbons (Fsp3) is 0.567. The van der Waals surface area contributed by atoms with Crippen LogP contribution in [0.3, 0.4) is 0 Å². The zero-order valence-corrected chi connectivity index (χ0v) is 20.9. The molecule has 0 fully saturated rings. The fourth-order valence-electron chi connectivity index (χ4n) is 4.67. The van der Waals surface area contributed by atoms with Gasteiger partial charge in [0.1, 0.15) is 6.10 Å². The largest absolute Gasteiger partial charge is 0.506 e. The lowest BCUT2D eigenvalue weighted by atomic mass is 9.89. The van der Waals surface area contributed by atoms with Crippen LogP contribution in [-0.2, 0) is 24.0 Å². The molecule has 0 aliphatic rings. The Morgan fingerprint density at radius 2 is 1.42 bits per heavy atom. The molecule has 0 aromatic heterocycles. The minimum absolute atomic E-state index is 0.362. The summed E-state index contributed by atoms with van der Waals surface area (Å²) >= 11 is 0. The molecule has 0 bridgehead atoms. The molecule has 1 atom stereocenters. The first-order chi connectivity index (χ1) is 16.2. The highest BCUT2D eigenvalue weighted by Crippen LogP contribution is 2.31. The maximum Gasteiger partial charge on any atom is 0.506 e. The highest BCUT2D eigenvalue weighted by atomic mass is 16.7. The summed E-state index contributed by atoms with van der Waals surface area (Å²) in [7, 11) is 0. The standard InChI is InChI=1S/C30H44O3/c1-3-5-10-20-26-21-16-23-28(27(26)22-11-6-4-2)29(33-30(31)32)24-15-8-7-12-17-25-18-13-9-14-19-25/h9,13-14,16,18-19,21,23,29H,3-8,10-12,15,17,20,22,24H2,1-2H3,(H,31,32). The van der Waals surface area contributed by atoms with Gasteiger partial charge in [-0.3, -0.25) is 0 Å². The van der Waals surface area contributed by atoms with Crippen molar-refractivity contribution in [3.05, 3.63) is 70.8 Å². The normalized spacial score (nSPS) is 11.9. The number of benzene rings is 2. The third-order valence-corrected chi connectivity index (χ3v) is 6.50. The molecule has 1 N–H and O–H groups in total. The minimum Gasteiger partial charge on any atom is -0.450 e. The molecule has 2 aromatic rings. The molecule has 0 aliphatic carbocycles. The van der Waals surface area contributed by atoms with E-state index in [1.165, 1.54) is 55.2 Å². The molecule has 0 amide bonds. The van der Waals surface area contributed by atoms with E-state index in [-0.39, 0.29) is 6.10 Å². The van der Waals surface area contributed by atoms with Gasteiger partial charge in [0.15, 0.2) is 0 Å². The molecule has 3 heteroatoms. The van der Waals surface area contributed by atoms with E-state index in [1.807, 2.05) is 0 Å². The molecule has 0 heterocycles. The van der Waals surface area contributed by atoms with Crippen LogP contribution in [0.25, 0.3) is 0 Å². The lowest BCUT2D eigenvalue weighted by Gasteiger charge is -2.22. The summed E-state index contributed by atoms with van der Waals surface area (Å²) in [5.74, 6) is 0. The Bertz CT molecular complexity index is 784. The molecule has 2 aromatic carbocycles. The van der Waals surface area contributed by atoms with Crippen molar-refractivity contribution in [1.29, 1.82) is 0 Å². The maximum atomic E-state index is 11.5. The van der Waals surface area contributed by atoms with Crippen LogP contribution in [0.5, 0.6) is 0 Å². The summed E-state index contributed by atoms with van der Waals surface area (Å²) in [6.45, 7) is 4.46. The molecule has 1 unspecified atom stereocenters. The zero-order chi connectivity index (χ0) is 23.7. The molecule has 0 radical (unpaired) electrons. The summed E-state index contributed by atoms with van der Waals surface area (Å²) in [5, 5.41) is 9.44. The van der Waals surface area contributed by atoms with Gasteiger partial charge in [-0.1, -0.05) is 101 Å². The quantitative estimate of drug-likeness (QED) is 0.192. The predicted octanol–water partition coefficient (Wildman–Crippen LogP) is 9.08. The van der Waals surface area contributed by atoms with Crippen molar-refractivity contribution in [3.8, 4) is 0 Å². The summed E-state index contributed by atoms with van der Waals surface area (Å²) in [6.07, 6.45) is 14.0. The Morgan fingerprint density at radius 1 is 0.758 bits per heavy atom. The number of carboxylic acid groups (broad SMARTS) is 1. The van der Waals surface area contributed by atoms with Crippen LogP contribution in [-0.4, -0.2) is 11.3 Å². The van der Waals surface area contributed by atoms with Crippen molar-refractivity contribution in [2.45, 2.75) is 110 Å². The number of aryl methyl sites for hydroxylation is 2. The number of hydrogen-bond acceptors (Lipinski definition) is 2. The average molecular weight is 453 g/mol. The highest BCUT2D eigenvalue weighted by Gasteiger charge is 2.21. The molecule has 0 spiro atoms. The summed E-state index contributed by atoms with van der Waals surface area (Å²) in [5.41, 5.74) is 5.23. The maximum absolute atomic E-state index is 11.5. The second kappa shape index (κ2) is 16.3. The monoisotopic (exact) mass is 452 g/mol. The summed E-state index contributed by atoms with van der Waals surface area (Å²) < 4.78 is 5.46. The van der Waals surface area contributed by atoms with Crippen molar-refractivity contribution in [2.24, 2.45) is 0 Å². The van der Waals surface area contributed by atoms with E-state index in [0.717, 1.165) is 56.9 Å². The first-order valence-corrected chi connectivity index (χ1v) is 13.2. The van der Waals surface area contributed by atoms with Gasteiger partial charge in [-0.05, 0) is 73.6 Å². The highest BCUT2D eigenvalue weighted by molar-refractivity contribution is 5.57. The molecule has 0 aliphatic heterocycles. The van der Waals surface area contributed by atoms with Crippen LogP contribution in [0.2, 0.25) is 0 Å². The SMILES string of the molecule is CCCCCc1cccc(C(CCCCCCc2ccccc2)OC(=O)O)c1CCCCC. The molecule has 0 saturated heterocycles. The number of carbonyl (C=O) groups is 1. The molecule has 2 rings (SSSR count). The van der Waals surface area contributed by atoms with Gasteiger partial charge in [0.2, 0.25) is 0 Å². The van der Waals surface area contributed by atoms with E-state index in [0.29, 0.717) is 0 Å². The Kier molecular flexibility index (Phi) is 13.4. The Balaban J connectivity index is 2.01. The molecule has 3 nitrogen and oxygen atoms in total. The van der Waals surface area contributed by atoms with Gasteiger partial charge in [0.25, 0.3) is 0 Å². The molecule has 182 valence electrons. The van der Waals surface area contributed by atoms with Gasteiger partial charge < -0.3 is 9.84 Å². The lowest BCUT2D eigenvalue weighted by Crippen LogP contribution is -2.13. The van der Waals surface area contributed by atoms with Crippen molar-refractivity contribution < 1.29 is 14.6 Å². The van der Waals surface area contributed by atoms with Gasteiger partial charge in [0.05, 0.1) is 0 Å². The zero-order valence-electron chi connectivity index (χ0n) is 20.9. The van der Waals surface area contributed by atoms with Crippen LogP contribution in [0.1, 0.15) is 113 Å². The van der Waals surface area contributed by atoms with Crippen molar-refractivity contribution >= 4 is 6.16 Å². The Hall–Kier alpha value is -2.29. The first kappa shape index (κ1) is 27.0. The van der Waals surface area contributed by atoms with E-state index in [9.17, 15) is 9.90 Å². The van der Waals surface area contributed by atoms with E-state index < -0.39 is 6.16 Å². The van der Waals surface area contributed by atoms with Crippen molar-refractivity contribution in [2.75, 3.05) is 0 Å². The Morgan fingerprint density at radius 3 is 2.12 bits per heavy atom. The van der Waals surface area contributed by atoms with Crippen molar-refractivity contribution in [1.82, 2.24) is 0 Å². The Labute approximate surface area is 201 Å². The molecule has 33 heavy (non-hydrogen) atoms. The van der Waals surface area contributed by atoms with Crippen molar-refractivity contribution in [3.63, 3.8) is 0 Å². The van der Waals surface area contributed by atoms with E-state index in [4.69, 9.17) is 4.74 Å². The predicted molar refractivity (Wildman–Crippen MR) is 138 cm³/mol. The number of ether oxygens (including phenoxy) is 1. The van der Waals surface area contributed by atoms with Crippen LogP contribution in [0.15, 0.2) is 48.5 Å². The molecule has 0 saturated carbocycles. The van der Waals surface area contributed by atoms with Gasteiger partial charge >= 0.3 is 6.16 Å². The lowest BCUT2D eigenvalue weighted by molar-refractivity contribution is 0.0460. The fourth-order valence-corrected chi connectivity index (χ4v) is 4.67. The molecular formula is C30H44O3. The smallest absolute Gasteiger partial charge is 0.450 e. The summed E-state index contributed by atoms with van der Waals surface area (Å²) in [4.78, 5) is 11.5. The van der Waals surface area contributed by atoms with E-state index >= 15 is 0 Å². The van der Waals surface area contributed by atoms with Gasteiger partial charge in [0, 0.05) is 0 Å². The van der Waals surface area contributed by atoms with Gasteiger partial charge in [-0.15, -0.1) is 0 Å².